The van der Waals surface area contributed by atoms with Gasteiger partial charge in [0.2, 0.25) is 0 Å². The minimum atomic E-state index is -0.344. The predicted molar refractivity (Wildman–Crippen MR) is 89.1 cm³/mol. The van der Waals surface area contributed by atoms with Crippen LogP contribution in [-0.4, -0.2) is 24.2 Å². The zero-order chi connectivity index (χ0) is 16.5. The average Bonchev–Trinajstić information content (AvgIpc) is 2.56. The highest BCUT2D eigenvalue weighted by molar-refractivity contribution is 5.93. The molecular formula is C18H21NO4. The molecule has 0 aromatic heterocycles. The van der Waals surface area contributed by atoms with Crippen LogP contribution < -0.4 is 14.8 Å². The van der Waals surface area contributed by atoms with E-state index in [4.69, 9.17) is 9.47 Å². The van der Waals surface area contributed by atoms with Gasteiger partial charge in [-0.1, -0.05) is 31.5 Å². The Morgan fingerprint density at radius 1 is 1.09 bits per heavy atom. The van der Waals surface area contributed by atoms with E-state index in [1.54, 1.807) is 30.3 Å². The molecule has 5 heteroatoms. The van der Waals surface area contributed by atoms with Crippen LogP contribution in [0.3, 0.4) is 0 Å². The van der Waals surface area contributed by atoms with Gasteiger partial charge in [0.1, 0.15) is 17.2 Å². The van der Waals surface area contributed by atoms with E-state index in [1.807, 2.05) is 12.1 Å². The van der Waals surface area contributed by atoms with E-state index < -0.39 is 0 Å². The highest BCUT2D eigenvalue weighted by atomic mass is 16.5. The number of para-hydroxylation sites is 2. The van der Waals surface area contributed by atoms with Crippen molar-refractivity contribution in [2.45, 2.75) is 19.8 Å². The predicted octanol–water partition coefficient (Wildman–Crippen LogP) is 3.59. The highest BCUT2D eigenvalue weighted by Gasteiger charge is 2.07. The van der Waals surface area contributed by atoms with Crippen LogP contribution in [0.25, 0.3) is 0 Å². The van der Waals surface area contributed by atoms with E-state index in [9.17, 15) is 9.90 Å². The minimum absolute atomic E-state index is 0.0205. The lowest BCUT2D eigenvalue weighted by atomic mass is 10.3. The number of ether oxygens (including phenoxy) is 2. The van der Waals surface area contributed by atoms with Gasteiger partial charge in [-0.2, -0.15) is 0 Å². The lowest BCUT2D eigenvalue weighted by Crippen LogP contribution is -2.20. The molecule has 23 heavy (non-hydrogen) atoms. The normalized spacial score (nSPS) is 10.1. The Morgan fingerprint density at radius 3 is 2.57 bits per heavy atom. The SMILES string of the molecule is CCCCOc1cccc(OCC(=O)Nc2ccccc2O)c1. The molecule has 0 aliphatic carbocycles. The van der Waals surface area contributed by atoms with Crippen LogP contribution in [0.4, 0.5) is 5.69 Å². The third-order valence-electron chi connectivity index (χ3n) is 3.12. The van der Waals surface area contributed by atoms with Gasteiger partial charge in [-0.25, -0.2) is 0 Å². The van der Waals surface area contributed by atoms with Gasteiger partial charge in [-0.05, 0) is 30.7 Å². The summed E-state index contributed by atoms with van der Waals surface area (Å²) in [5, 5.41) is 12.2. The molecule has 0 aliphatic heterocycles. The van der Waals surface area contributed by atoms with Crippen molar-refractivity contribution in [3.8, 4) is 17.2 Å². The standard InChI is InChI=1S/C18H21NO4/c1-2-3-11-22-14-7-6-8-15(12-14)23-13-18(21)19-16-9-4-5-10-17(16)20/h4-10,12,20H,2-3,11,13H2,1H3,(H,19,21). The smallest absolute Gasteiger partial charge is 0.262 e. The number of amides is 1. The number of benzene rings is 2. The lowest BCUT2D eigenvalue weighted by molar-refractivity contribution is -0.118. The number of phenolic OH excluding ortho intramolecular Hbond substituents is 1. The van der Waals surface area contributed by atoms with Crippen molar-refractivity contribution >= 4 is 11.6 Å². The molecule has 0 saturated carbocycles. The van der Waals surface area contributed by atoms with Crippen LogP contribution in [0.15, 0.2) is 48.5 Å². The Morgan fingerprint density at radius 2 is 1.83 bits per heavy atom. The van der Waals surface area contributed by atoms with Crippen LogP contribution in [0, 0.1) is 0 Å². The van der Waals surface area contributed by atoms with Gasteiger partial charge in [-0.3, -0.25) is 4.79 Å². The van der Waals surface area contributed by atoms with Crippen molar-refractivity contribution in [1.82, 2.24) is 0 Å². The number of carbonyl (C=O) groups excluding carboxylic acids is 1. The maximum Gasteiger partial charge on any atom is 0.262 e. The number of phenols is 1. The van der Waals surface area contributed by atoms with E-state index in [0.29, 0.717) is 18.0 Å². The lowest BCUT2D eigenvalue weighted by Gasteiger charge is -2.10. The minimum Gasteiger partial charge on any atom is -0.506 e. The van der Waals surface area contributed by atoms with Crippen LogP contribution in [0.2, 0.25) is 0 Å². The van der Waals surface area contributed by atoms with Gasteiger partial charge in [0.25, 0.3) is 5.91 Å². The summed E-state index contributed by atoms with van der Waals surface area (Å²) < 4.78 is 11.0. The number of hydrogen-bond acceptors (Lipinski definition) is 4. The van der Waals surface area contributed by atoms with Crippen molar-refractivity contribution in [3.63, 3.8) is 0 Å². The fourth-order valence-electron chi connectivity index (χ4n) is 1.90. The van der Waals surface area contributed by atoms with Crippen LogP contribution in [-0.2, 0) is 4.79 Å². The molecule has 0 saturated heterocycles. The van der Waals surface area contributed by atoms with Gasteiger partial charge >= 0.3 is 0 Å². The first-order valence-corrected chi connectivity index (χ1v) is 7.62. The Hall–Kier alpha value is -2.69. The second-order valence-electron chi connectivity index (χ2n) is 5.03. The summed E-state index contributed by atoms with van der Waals surface area (Å²) >= 11 is 0. The number of carbonyl (C=O) groups is 1. The summed E-state index contributed by atoms with van der Waals surface area (Å²) in [4.78, 5) is 11.9. The fraction of sp³-hybridized carbons (Fsp3) is 0.278. The number of anilines is 1. The summed E-state index contributed by atoms with van der Waals surface area (Å²) in [5.74, 6) is 0.958. The molecule has 2 aromatic rings. The molecule has 122 valence electrons. The van der Waals surface area contributed by atoms with Crippen LogP contribution in [0.5, 0.6) is 17.2 Å². The zero-order valence-electron chi connectivity index (χ0n) is 13.1. The van der Waals surface area contributed by atoms with Crippen molar-refractivity contribution in [3.05, 3.63) is 48.5 Å². The molecule has 0 spiro atoms. The monoisotopic (exact) mass is 315 g/mol. The first kappa shape index (κ1) is 16.7. The van der Waals surface area contributed by atoms with Crippen LogP contribution in [0.1, 0.15) is 19.8 Å². The molecule has 0 fully saturated rings. The van der Waals surface area contributed by atoms with E-state index >= 15 is 0 Å². The third kappa shape index (κ3) is 5.54. The van der Waals surface area contributed by atoms with Gasteiger partial charge in [-0.15, -0.1) is 0 Å². The zero-order valence-corrected chi connectivity index (χ0v) is 13.1. The molecule has 1 amide bonds. The second-order valence-corrected chi connectivity index (χ2v) is 5.03. The number of hydrogen-bond donors (Lipinski definition) is 2. The molecule has 0 atom stereocenters. The van der Waals surface area contributed by atoms with E-state index in [0.717, 1.165) is 18.6 Å². The third-order valence-corrected chi connectivity index (χ3v) is 3.12. The largest absolute Gasteiger partial charge is 0.506 e. The quantitative estimate of drug-likeness (QED) is 0.577. The van der Waals surface area contributed by atoms with Crippen molar-refractivity contribution in [1.29, 1.82) is 0 Å². The molecular weight excluding hydrogens is 294 g/mol. The van der Waals surface area contributed by atoms with Crippen LogP contribution >= 0.6 is 0 Å². The van der Waals surface area contributed by atoms with Gasteiger partial charge in [0.05, 0.1) is 12.3 Å². The van der Waals surface area contributed by atoms with Gasteiger partial charge < -0.3 is 19.9 Å². The maximum absolute atomic E-state index is 11.9. The summed E-state index contributed by atoms with van der Waals surface area (Å²) in [6.45, 7) is 2.62. The van der Waals surface area contributed by atoms with E-state index in [1.165, 1.54) is 6.07 Å². The summed E-state index contributed by atoms with van der Waals surface area (Å²) in [6.07, 6.45) is 2.07. The second kappa shape index (κ2) is 8.68. The number of unbranched alkanes of at least 4 members (excludes halogenated alkanes) is 1. The van der Waals surface area contributed by atoms with Gasteiger partial charge in [0.15, 0.2) is 6.61 Å². The Labute approximate surface area is 135 Å². The molecule has 0 unspecified atom stereocenters. The molecule has 0 aliphatic rings. The Balaban J connectivity index is 1.84. The fourth-order valence-corrected chi connectivity index (χ4v) is 1.90. The molecule has 5 nitrogen and oxygen atoms in total. The molecule has 0 bridgehead atoms. The maximum atomic E-state index is 11.9. The van der Waals surface area contributed by atoms with E-state index in [2.05, 4.69) is 12.2 Å². The topological polar surface area (TPSA) is 67.8 Å². The number of nitrogens with one attached hydrogen (secondary N) is 1. The average molecular weight is 315 g/mol. The number of rotatable bonds is 8. The van der Waals surface area contributed by atoms with Crippen molar-refractivity contribution in [2.75, 3.05) is 18.5 Å². The summed E-state index contributed by atoms with van der Waals surface area (Å²) in [6, 6.07) is 13.7. The van der Waals surface area contributed by atoms with Crippen molar-refractivity contribution < 1.29 is 19.4 Å². The first-order chi connectivity index (χ1) is 11.2. The Kier molecular flexibility index (Phi) is 6.29. The van der Waals surface area contributed by atoms with Gasteiger partial charge in [0, 0.05) is 6.07 Å². The molecule has 0 radical (unpaired) electrons. The van der Waals surface area contributed by atoms with Crippen molar-refractivity contribution in [2.24, 2.45) is 0 Å². The Bertz CT molecular complexity index is 642. The summed E-state index contributed by atoms with van der Waals surface area (Å²) in [7, 11) is 0. The summed E-state index contributed by atoms with van der Waals surface area (Å²) in [5.41, 5.74) is 0.359. The molecule has 0 heterocycles. The van der Waals surface area contributed by atoms with E-state index in [-0.39, 0.29) is 18.3 Å². The number of aromatic hydroxyl groups is 1. The first-order valence-electron chi connectivity index (χ1n) is 7.62. The molecule has 2 N–H and O–H groups in total. The molecule has 2 rings (SSSR count). The highest BCUT2D eigenvalue weighted by Crippen LogP contribution is 2.22. The molecule has 2 aromatic carbocycles.